The monoisotopic (exact) mass is 267 g/mol. The molecule has 2 amide bonds. The number of carboxylic acids is 1. The molecule has 1 N–H and O–H groups in total. The third-order valence-electron chi connectivity index (χ3n) is 3.13. The SMILES string of the molecule is CC(C)CN(CCC#N)C(=O)N1CCC[C@@H]1C(=O)O. The fourth-order valence-electron chi connectivity index (χ4n) is 2.32. The lowest BCUT2D eigenvalue weighted by Crippen LogP contribution is -2.49. The van der Waals surface area contributed by atoms with Crippen molar-refractivity contribution in [1.82, 2.24) is 9.80 Å². The number of nitriles is 1. The van der Waals surface area contributed by atoms with Crippen LogP contribution in [-0.4, -0.2) is 52.6 Å². The Morgan fingerprint density at radius 3 is 2.74 bits per heavy atom. The number of urea groups is 1. The number of carbonyl (C=O) groups is 2. The fourth-order valence-corrected chi connectivity index (χ4v) is 2.32. The van der Waals surface area contributed by atoms with Crippen molar-refractivity contribution >= 4 is 12.0 Å². The maximum Gasteiger partial charge on any atom is 0.326 e. The van der Waals surface area contributed by atoms with Crippen molar-refractivity contribution in [3.63, 3.8) is 0 Å². The van der Waals surface area contributed by atoms with E-state index in [1.54, 1.807) is 4.90 Å². The molecule has 1 aliphatic rings. The van der Waals surface area contributed by atoms with Crippen LogP contribution >= 0.6 is 0 Å². The van der Waals surface area contributed by atoms with Crippen molar-refractivity contribution in [1.29, 1.82) is 5.26 Å². The quantitative estimate of drug-likeness (QED) is 0.818. The molecule has 6 heteroatoms. The molecule has 1 fully saturated rings. The number of likely N-dealkylation sites (tertiary alicyclic amines) is 1. The highest BCUT2D eigenvalue weighted by atomic mass is 16.4. The molecule has 0 aromatic rings. The molecule has 106 valence electrons. The molecule has 19 heavy (non-hydrogen) atoms. The van der Waals surface area contributed by atoms with E-state index in [2.05, 4.69) is 0 Å². The summed E-state index contributed by atoms with van der Waals surface area (Å²) < 4.78 is 0. The smallest absolute Gasteiger partial charge is 0.326 e. The van der Waals surface area contributed by atoms with Crippen molar-refractivity contribution in [2.75, 3.05) is 19.6 Å². The van der Waals surface area contributed by atoms with Crippen LogP contribution in [-0.2, 0) is 4.79 Å². The minimum absolute atomic E-state index is 0.256. The van der Waals surface area contributed by atoms with Crippen LogP contribution < -0.4 is 0 Å². The van der Waals surface area contributed by atoms with E-state index >= 15 is 0 Å². The van der Waals surface area contributed by atoms with Gasteiger partial charge in [0.15, 0.2) is 0 Å². The number of hydrogen-bond donors (Lipinski definition) is 1. The second-order valence-electron chi connectivity index (χ2n) is 5.22. The Balaban J connectivity index is 2.74. The normalized spacial score (nSPS) is 18.4. The Bertz CT molecular complexity index is 376. The van der Waals surface area contributed by atoms with E-state index in [1.807, 2.05) is 19.9 Å². The molecule has 0 aliphatic carbocycles. The van der Waals surface area contributed by atoms with Crippen molar-refractivity contribution < 1.29 is 14.7 Å². The van der Waals surface area contributed by atoms with Crippen LogP contribution in [0.2, 0.25) is 0 Å². The summed E-state index contributed by atoms with van der Waals surface area (Å²) in [6.45, 7) is 5.37. The highest BCUT2D eigenvalue weighted by Gasteiger charge is 2.36. The van der Waals surface area contributed by atoms with Gasteiger partial charge in [-0.3, -0.25) is 0 Å². The fraction of sp³-hybridized carbons (Fsp3) is 0.769. The molecule has 0 radical (unpaired) electrons. The largest absolute Gasteiger partial charge is 0.480 e. The summed E-state index contributed by atoms with van der Waals surface area (Å²) in [4.78, 5) is 26.5. The third kappa shape index (κ3) is 4.12. The molecule has 0 aromatic carbocycles. The number of rotatable bonds is 5. The molecule has 0 unspecified atom stereocenters. The molecule has 6 nitrogen and oxygen atoms in total. The van der Waals surface area contributed by atoms with Gasteiger partial charge < -0.3 is 14.9 Å². The molecular weight excluding hydrogens is 246 g/mol. The lowest BCUT2D eigenvalue weighted by molar-refractivity contribution is -0.141. The highest BCUT2D eigenvalue weighted by Crippen LogP contribution is 2.20. The Morgan fingerprint density at radius 2 is 2.21 bits per heavy atom. The van der Waals surface area contributed by atoms with Gasteiger partial charge in [-0.2, -0.15) is 5.26 Å². The number of hydrogen-bond acceptors (Lipinski definition) is 3. The third-order valence-corrected chi connectivity index (χ3v) is 3.13. The maximum atomic E-state index is 12.4. The van der Waals surface area contributed by atoms with Gasteiger partial charge in [0.25, 0.3) is 0 Å². The summed E-state index contributed by atoms with van der Waals surface area (Å²) in [5.41, 5.74) is 0. The first-order valence-electron chi connectivity index (χ1n) is 6.62. The minimum atomic E-state index is -0.948. The summed E-state index contributed by atoms with van der Waals surface area (Å²) in [5, 5.41) is 17.7. The second-order valence-corrected chi connectivity index (χ2v) is 5.22. The van der Waals surface area contributed by atoms with E-state index in [1.165, 1.54) is 4.90 Å². The molecule has 1 saturated heterocycles. The van der Waals surface area contributed by atoms with Gasteiger partial charge in [-0.05, 0) is 18.8 Å². The van der Waals surface area contributed by atoms with Gasteiger partial charge in [-0.15, -0.1) is 0 Å². The molecule has 0 aromatic heterocycles. The Morgan fingerprint density at radius 1 is 1.53 bits per heavy atom. The average molecular weight is 267 g/mol. The Hall–Kier alpha value is -1.77. The predicted octanol–water partition coefficient (Wildman–Crippen LogP) is 1.53. The lowest BCUT2D eigenvalue weighted by atomic mass is 10.2. The van der Waals surface area contributed by atoms with Gasteiger partial charge in [-0.1, -0.05) is 13.8 Å². The summed E-state index contributed by atoms with van der Waals surface area (Å²) in [6, 6.07) is 1.05. The van der Waals surface area contributed by atoms with E-state index < -0.39 is 12.0 Å². The summed E-state index contributed by atoms with van der Waals surface area (Å²) in [5.74, 6) is -0.663. The van der Waals surface area contributed by atoms with Crippen molar-refractivity contribution in [3.8, 4) is 6.07 Å². The van der Waals surface area contributed by atoms with Gasteiger partial charge in [0.05, 0.1) is 12.5 Å². The van der Waals surface area contributed by atoms with E-state index in [9.17, 15) is 9.59 Å². The number of carbonyl (C=O) groups excluding carboxylic acids is 1. The van der Waals surface area contributed by atoms with Crippen LogP contribution in [0.4, 0.5) is 4.79 Å². The average Bonchev–Trinajstić information content (AvgIpc) is 2.82. The molecular formula is C13H21N3O3. The summed E-state index contributed by atoms with van der Waals surface area (Å²) >= 11 is 0. The highest BCUT2D eigenvalue weighted by molar-refractivity contribution is 5.83. The standard InChI is InChI=1S/C13H21N3O3/c1-10(2)9-15(7-4-6-14)13(19)16-8-3-5-11(16)12(17)18/h10-11H,3-5,7-9H2,1-2H3,(H,17,18)/t11-/m1/s1. The van der Waals surface area contributed by atoms with Gasteiger partial charge in [0.1, 0.15) is 6.04 Å². The first-order chi connectivity index (χ1) is 8.97. The molecule has 0 saturated carbocycles. The zero-order valence-corrected chi connectivity index (χ0v) is 11.5. The van der Waals surface area contributed by atoms with Crippen LogP contribution in [0, 0.1) is 17.2 Å². The zero-order valence-electron chi connectivity index (χ0n) is 11.5. The van der Waals surface area contributed by atoms with Gasteiger partial charge in [0.2, 0.25) is 0 Å². The van der Waals surface area contributed by atoms with Crippen molar-refractivity contribution in [2.24, 2.45) is 5.92 Å². The van der Waals surface area contributed by atoms with Crippen LogP contribution in [0.5, 0.6) is 0 Å². The van der Waals surface area contributed by atoms with Crippen LogP contribution in [0.15, 0.2) is 0 Å². The molecule has 0 bridgehead atoms. The van der Waals surface area contributed by atoms with Crippen LogP contribution in [0.1, 0.15) is 33.1 Å². The van der Waals surface area contributed by atoms with Crippen molar-refractivity contribution in [3.05, 3.63) is 0 Å². The molecule has 0 spiro atoms. The van der Waals surface area contributed by atoms with Gasteiger partial charge >= 0.3 is 12.0 Å². The maximum absolute atomic E-state index is 12.4. The minimum Gasteiger partial charge on any atom is -0.480 e. The summed E-state index contributed by atoms with van der Waals surface area (Å²) in [7, 11) is 0. The zero-order chi connectivity index (χ0) is 14.4. The second kappa shape index (κ2) is 6.98. The number of amides is 2. The van der Waals surface area contributed by atoms with Crippen LogP contribution in [0.25, 0.3) is 0 Å². The number of carboxylic acid groups (broad SMARTS) is 1. The Labute approximate surface area is 113 Å². The van der Waals surface area contributed by atoms with Gasteiger partial charge in [0, 0.05) is 19.6 Å². The van der Waals surface area contributed by atoms with E-state index in [-0.39, 0.29) is 18.4 Å². The number of aliphatic carboxylic acids is 1. The first-order valence-corrected chi connectivity index (χ1v) is 6.62. The lowest BCUT2D eigenvalue weighted by Gasteiger charge is -2.31. The molecule has 1 atom stereocenters. The topological polar surface area (TPSA) is 84.6 Å². The molecule has 1 rings (SSSR count). The molecule has 1 aliphatic heterocycles. The van der Waals surface area contributed by atoms with Crippen molar-refractivity contribution in [2.45, 2.75) is 39.2 Å². The van der Waals surface area contributed by atoms with E-state index in [0.717, 1.165) is 6.42 Å². The van der Waals surface area contributed by atoms with Gasteiger partial charge in [-0.25, -0.2) is 9.59 Å². The van der Waals surface area contributed by atoms with Crippen LogP contribution in [0.3, 0.4) is 0 Å². The number of nitrogens with zero attached hydrogens (tertiary/aromatic N) is 3. The first kappa shape index (κ1) is 15.3. The molecule has 1 heterocycles. The summed E-state index contributed by atoms with van der Waals surface area (Å²) in [6.07, 6.45) is 1.50. The van der Waals surface area contributed by atoms with E-state index in [4.69, 9.17) is 10.4 Å². The van der Waals surface area contributed by atoms with E-state index in [0.29, 0.717) is 26.1 Å². The predicted molar refractivity (Wildman–Crippen MR) is 69.4 cm³/mol. The Kier molecular flexibility index (Phi) is 5.61.